The van der Waals surface area contributed by atoms with E-state index < -0.39 is 0 Å². The highest BCUT2D eigenvalue weighted by Gasteiger charge is 2.05. The molecule has 3 rings (SSSR count). The summed E-state index contributed by atoms with van der Waals surface area (Å²) in [5.74, 6) is 0.883. The minimum absolute atomic E-state index is 0.883. The first kappa shape index (κ1) is 9.96. The van der Waals surface area contributed by atoms with Gasteiger partial charge in [-0.3, -0.25) is 0 Å². The van der Waals surface area contributed by atoms with Crippen molar-refractivity contribution in [3.8, 4) is 5.75 Å². The van der Waals surface area contributed by atoms with Gasteiger partial charge in [0.1, 0.15) is 5.75 Å². The zero-order valence-electron chi connectivity index (χ0n) is 8.75. The average molecular weight is 323 g/mol. The third kappa shape index (κ3) is 1.46. The first-order valence-electron chi connectivity index (χ1n) is 5.03. The third-order valence-electron chi connectivity index (χ3n) is 2.77. The van der Waals surface area contributed by atoms with Gasteiger partial charge >= 0.3 is 0 Å². The van der Waals surface area contributed by atoms with E-state index in [9.17, 15) is 0 Å². The fourth-order valence-corrected chi connectivity index (χ4v) is 2.47. The van der Waals surface area contributed by atoms with Gasteiger partial charge in [0.15, 0.2) is 0 Å². The highest BCUT2D eigenvalue weighted by Crippen LogP contribution is 2.29. The summed E-state index contributed by atoms with van der Waals surface area (Å²) >= 11 is 2.33. The van der Waals surface area contributed by atoms with Gasteiger partial charge in [0, 0.05) is 25.9 Å². The first-order valence-corrected chi connectivity index (χ1v) is 6.11. The molecule has 0 fully saturated rings. The zero-order valence-corrected chi connectivity index (χ0v) is 10.9. The molecule has 0 aliphatic rings. The Labute approximate surface area is 107 Å². The van der Waals surface area contributed by atoms with Crippen LogP contribution in [0.4, 0.5) is 0 Å². The summed E-state index contributed by atoms with van der Waals surface area (Å²) in [6, 6.07) is 12.5. The molecule has 3 heteroatoms. The molecule has 0 radical (unpaired) electrons. The summed E-state index contributed by atoms with van der Waals surface area (Å²) in [5.41, 5.74) is 2.29. The molecule has 0 aliphatic heterocycles. The highest BCUT2D eigenvalue weighted by atomic mass is 127. The normalized spacial score (nSPS) is 11.1. The number of H-pyrrole nitrogens is 1. The summed E-state index contributed by atoms with van der Waals surface area (Å²) < 4.78 is 6.47. The first-order chi connectivity index (χ1) is 7.78. The standard InChI is InChI=1S/C13H10INO/c1-16-9-3-4-10-11-6-8(14)2-5-12(11)15-13(10)7-9/h2-7,15H,1H3. The third-order valence-corrected chi connectivity index (χ3v) is 3.44. The van der Waals surface area contributed by atoms with Crippen molar-refractivity contribution in [3.05, 3.63) is 40.0 Å². The van der Waals surface area contributed by atoms with Crippen molar-refractivity contribution in [2.24, 2.45) is 0 Å². The molecule has 0 atom stereocenters. The number of ether oxygens (including phenoxy) is 1. The van der Waals surface area contributed by atoms with Gasteiger partial charge in [-0.25, -0.2) is 0 Å². The van der Waals surface area contributed by atoms with Gasteiger partial charge in [-0.1, -0.05) is 0 Å². The second kappa shape index (κ2) is 3.66. The molecule has 0 amide bonds. The van der Waals surface area contributed by atoms with Crippen molar-refractivity contribution < 1.29 is 4.74 Å². The van der Waals surface area contributed by atoms with Gasteiger partial charge in [-0.15, -0.1) is 0 Å². The number of aromatic amines is 1. The molecule has 0 aliphatic carbocycles. The lowest BCUT2D eigenvalue weighted by atomic mass is 10.1. The van der Waals surface area contributed by atoms with E-state index >= 15 is 0 Å². The maximum atomic E-state index is 5.22. The van der Waals surface area contributed by atoms with Crippen LogP contribution in [0.1, 0.15) is 0 Å². The Balaban J connectivity index is 2.41. The second-order valence-corrected chi connectivity index (χ2v) is 4.97. The van der Waals surface area contributed by atoms with Gasteiger partial charge in [-0.05, 0) is 52.9 Å². The summed E-state index contributed by atoms with van der Waals surface area (Å²) in [6.45, 7) is 0. The van der Waals surface area contributed by atoms with Crippen LogP contribution in [-0.2, 0) is 0 Å². The number of rotatable bonds is 1. The fraction of sp³-hybridized carbons (Fsp3) is 0.0769. The number of aromatic nitrogens is 1. The topological polar surface area (TPSA) is 25.0 Å². The lowest BCUT2D eigenvalue weighted by molar-refractivity contribution is 0.415. The fourth-order valence-electron chi connectivity index (χ4n) is 1.98. The molecule has 1 N–H and O–H groups in total. The minimum atomic E-state index is 0.883. The van der Waals surface area contributed by atoms with E-state index in [-0.39, 0.29) is 0 Å². The predicted octanol–water partition coefficient (Wildman–Crippen LogP) is 3.93. The molecule has 3 aromatic rings. The summed E-state index contributed by atoms with van der Waals surface area (Å²) in [4.78, 5) is 3.40. The molecule has 1 heterocycles. The number of fused-ring (bicyclic) bond motifs is 3. The number of benzene rings is 2. The molecular weight excluding hydrogens is 313 g/mol. The van der Waals surface area contributed by atoms with E-state index in [4.69, 9.17) is 4.74 Å². The second-order valence-electron chi connectivity index (χ2n) is 3.73. The lowest BCUT2D eigenvalue weighted by Gasteiger charge is -1.98. The molecule has 16 heavy (non-hydrogen) atoms. The predicted molar refractivity (Wildman–Crippen MR) is 75.1 cm³/mol. The summed E-state index contributed by atoms with van der Waals surface area (Å²) in [6.07, 6.45) is 0. The van der Waals surface area contributed by atoms with E-state index in [1.165, 1.54) is 19.9 Å². The van der Waals surface area contributed by atoms with Gasteiger partial charge in [0.2, 0.25) is 0 Å². The smallest absolute Gasteiger partial charge is 0.120 e. The van der Waals surface area contributed by atoms with Gasteiger partial charge in [-0.2, -0.15) is 0 Å². The van der Waals surface area contributed by atoms with Crippen LogP contribution in [0.15, 0.2) is 36.4 Å². The summed E-state index contributed by atoms with van der Waals surface area (Å²) in [7, 11) is 1.69. The molecule has 2 aromatic carbocycles. The molecule has 0 unspecified atom stereocenters. The van der Waals surface area contributed by atoms with Crippen LogP contribution in [0.5, 0.6) is 5.75 Å². The van der Waals surface area contributed by atoms with E-state index in [0.29, 0.717) is 0 Å². The van der Waals surface area contributed by atoms with Crippen molar-refractivity contribution in [2.45, 2.75) is 0 Å². The Bertz CT molecular complexity index is 672. The van der Waals surface area contributed by atoms with Crippen LogP contribution in [0, 0.1) is 3.57 Å². The van der Waals surface area contributed by atoms with Crippen LogP contribution < -0.4 is 4.74 Å². The number of nitrogens with one attached hydrogen (secondary N) is 1. The molecule has 80 valence electrons. The van der Waals surface area contributed by atoms with Gasteiger partial charge < -0.3 is 9.72 Å². The van der Waals surface area contributed by atoms with E-state index in [1.807, 2.05) is 12.1 Å². The Hall–Kier alpha value is -1.23. The van der Waals surface area contributed by atoms with Crippen LogP contribution >= 0.6 is 22.6 Å². The average Bonchev–Trinajstić information content (AvgIpc) is 2.66. The lowest BCUT2D eigenvalue weighted by Crippen LogP contribution is -1.80. The van der Waals surface area contributed by atoms with E-state index in [0.717, 1.165) is 11.3 Å². The van der Waals surface area contributed by atoms with Crippen LogP contribution in [0.25, 0.3) is 21.8 Å². The Kier molecular flexibility index (Phi) is 2.28. The zero-order chi connectivity index (χ0) is 11.1. The maximum Gasteiger partial charge on any atom is 0.120 e. The van der Waals surface area contributed by atoms with Crippen molar-refractivity contribution in [1.29, 1.82) is 0 Å². The molecule has 0 bridgehead atoms. The largest absolute Gasteiger partial charge is 0.497 e. The molecule has 0 saturated carbocycles. The molecule has 2 nitrogen and oxygen atoms in total. The molecule has 0 saturated heterocycles. The molecular formula is C13H10INO. The van der Waals surface area contributed by atoms with Crippen molar-refractivity contribution in [2.75, 3.05) is 7.11 Å². The number of halogens is 1. The molecule has 1 aromatic heterocycles. The SMILES string of the molecule is COc1ccc2c(c1)[nH]c1ccc(I)cc12. The van der Waals surface area contributed by atoms with Gasteiger partial charge in [0.25, 0.3) is 0 Å². The van der Waals surface area contributed by atoms with Crippen molar-refractivity contribution >= 4 is 44.4 Å². The molecule has 0 spiro atoms. The van der Waals surface area contributed by atoms with Gasteiger partial charge in [0.05, 0.1) is 12.6 Å². The Morgan fingerprint density at radius 3 is 2.69 bits per heavy atom. The number of hydrogen-bond acceptors (Lipinski definition) is 1. The summed E-state index contributed by atoms with van der Waals surface area (Å²) in [5, 5.41) is 2.51. The quantitative estimate of drug-likeness (QED) is 0.674. The van der Waals surface area contributed by atoms with Crippen LogP contribution in [-0.4, -0.2) is 12.1 Å². The highest BCUT2D eigenvalue weighted by molar-refractivity contribution is 14.1. The Morgan fingerprint density at radius 1 is 1.00 bits per heavy atom. The van der Waals surface area contributed by atoms with E-state index in [1.54, 1.807) is 7.11 Å². The number of methoxy groups -OCH3 is 1. The van der Waals surface area contributed by atoms with Crippen LogP contribution in [0.3, 0.4) is 0 Å². The maximum absolute atomic E-state index is 5.22. The van der Waals surface area contributed by atoms with Crippen LogP contribution in [0.2, 0.25) is 0 Å². The van der Waals surface area contributed by atoms with Crippen molar-refractivity contribution in [1.82, 2.24) is 4.98 Å². The Morgan fingerprint density at radius 2 is 1.88 bits per heavy atom. The van der Waals surface area contributed by atoms with Crippen molar-refractivity contribution in [3.63, 3.8) is 0 Å². The number of hydrogen-bond donors (Lipinski definition) is 1. The minimum Gasteiger partial charge on any atom is -0.497 e. The monoisotopic (exact) mass is 323 g/mol. The van der Waals surface area contributed by atoms with E-state index in [2.05, 4.69) is 51.8 Å².